The van der Waals surface area contributed by atoms with Gasteiger partial charge < -0.3 is 19.9 Å². The molecule has 2 heterocycles. The van der Waals surface area contributed by atoms with E-state index in [2.05, 4.69) is 39.2 Å². The number of rotatable bonds is 1. The van der Waals surface area contributed by atoms with E-state index in [0.29, 0.717) is 6.54 Å². The van der Waals surface area contributed by atoms with E-state index in [4.69, 9.17) is 4.74 Å². The Balaban J connectivity index is 0.000000907. The van der Waals surface area contributed by atoms with Gasteiger partial charge in [-0.05, 0) is 68.1 Å². The van der Waals surface area contributed by atoms with Gasteiger partial charge in [0.05, 0.1) is 12.4 Å². The highest BCUT2D eigenvalue weighted by atomic mass is 16.5. The van der Waals surface area contributed by atoms with Gasteiger partial charge in [0, 0.05) is 35.4 Å². The van der Waals surface area contributed by atoms with Crippen molar-refractivity contribution in [3.63, 3.8) is 0 Å². The number of carbonyl (C=O) groups excluding carboxylic acids is 1. The lowest BCUT2D eigenvalue weighted by Gasteiger charge is -2.31. The van der Waals surface area contributed by atoms with Crippen LogP contribution in [0.25, 0.3) is 10.8 Å². The predicted octanol–water partition coefficient (Wildman–Crippen LogP) is 7.04. The van der Waals surface area contributed by atoms with E-state index in [1.807, 2.05) is 103 Å². The Hall–Kier alpha value is -3.64. The molecular weight excluding hydrogens is 460 g/mol. The van der Waals surface area contributed by atoms with Gasteiger partial charge in [-0.15, -0.1) is 0 Å². The second-order valence-electron chi connectivity index (χ2n) is 8.96. The normalized spacial score (nSPS) is 19.2. The largest absolute Gasteiger partial charge is 0.457 e. The van der Waals surface area contributed by atoms with E-state index in [1.165, 1.54) is 0 Å². The number of benzene rings is 3. The van der Waals surface area contributed by atoms with Crippen molar-refractivity contribution in [3.8, 4) is 11.5 Å². The summed E-state index contributed by atoms with van der Waals surface area (Å²) in [6.07, 6.45) is 4.53. The van der Waals surface area contributed by atoms with Crippen LogP contribution in [-0.4, -0.2) is 28.0 Å². The van der Waals surface area contributed by atoms with Crippen LogP contribution in [0, 0.1) is 0 Å². The van der Waals surface area contributed by atoms with Crippen molar-refractivity contribution < 1.29 is 9.53 Å². The van der Waals surface area contributed by atoms with Crippen LogP contribution in [0.5, 0.6) is 11.5 Å². The minimum absolute atomic E-state index is 0.0634. The number of carbonyl (C=O) groups is 1. The van der Waals surface area contributed by atoms with Gasteiger partial charge >= 0.3 is 0 Å². The number of imidazole rings is 1. The lowest BCUT2D eigenvalue weighted by Crippen LogP contribution is -2.40. The summed E-state index contributed by atoms with van der Waals surface area (Å²) in [6, 6.07) is 19.8. The topological polar surface area (TPSA) is 68.2 Å². The average molecular weight is 501 g/mol. The Morgan fingerprint density at radius 3 is 2.46 bits per heavy atom. The summed E-state index contributed by atoms with van der Waals surface area (Å²) in [5, 5.41) is 8.49. The molecule has 6 nitrogen and oxygen atoms in total. The molecule has 1 aliphatic heterocycles. The molecule has 4 aromatic rings. The first-order valence-electron chi connectivity index (χ1n) is 13.3. The highest BCUT2D eigenvalue weighted by molar-refractivity contribution is 6.04. The Morgan fingerprint density at radius 1 is 1.00 bits per heavy atom. The zero-order chi connectivity index (χ0) is 27.0. The monoisotopic (exact) mass is 500 g/mol. The third-order valence-electron chi connectivity index (χ3n) is 6.67. The molecular formula is C31H40N4O2. The summed E-state index contributed by atoms with van der Waals surface area (Å²) in [6.45, 7) is 12.8. The fourth-order valence-corrected chi connectivity index (χ4v) is 4.64. The molecule has 6 heteroatoms. The third kappa shape index (κ3) is 6.03. The number of aryl methyl sites for hydroxylation is 1. The molecule has 1 amide bonds. The first-order chi connectivity index (χ1) is 17.9. The average Bonchev–Trinajstić information content (AvgIpc) is 3.37. The van der Waals surface area contributed by atoms with Crippen molar-refractivity contribution in [2.24, 2.45) is 7.05 Å². The standard InChI is InChI=1S/C27H28N4O2.2C2H6/c1-18-26(32)30-24-9-4-6-19-10-11-22(15-23(19)24)33-21-8-5-7-20(14-21)27(2,12-13-29-18)25-16-28-17-31(25)3;2*1-2/h4-11,14-18,29H,12-13H2,1-3H3,(H,30,32);2*1-2H3. The van der Waals surface area contributed by atoms with Gasteiger partial charge in [0.1, 0.15) is 11.5 Å². The summed E-state index contributed by atoms with van der Waals surface area (Å²) >= 11 is 0. The minimum atomic E-state index is -0.341. The van der Waals surface area contributed by atoms with Crippen molar-refractivity contribution in [2.75, 3.05) is 11.9 Å². The Labute approximate surface area is 221 Å². The maximum atomic E-state index is 13.0. The van der Waals surface area contributed by atoms with Gasteiger partial charge in [-0.2, -0.15) is 0 Å². The number of hydrogen-bond acceptors (Lipinski definition) is 4. The summed E-state index contributed by atoms with van der Waals surface area (Å²) in [4.78, 5) is 17.3. The first kappa shape index (κ1) is 27.9. The Kier molecular flexibility index (Phi) is 9.48. The second-order valence-corrected chi connectivity index (χ2v) is 8.96. The molecule has 196 valence electrons. The molecule has 1 aliphatic rings. The van der Waals surface area contributed by atoms with Crippen LogP contribution in [0.3, 0.4) is 0 Å². The summed E-state index contributed by atoms with van der Waals surface area (Å²) in [5.41, 5.74) is 2.71. The molecule has 5 rings (SSSR count). The highest BCUT2D eigenvalue weighted by Crippen LogP contribution is 2.38. The molecule has 0 spiro atoms. The molecule has 4 bridgehead atoms. The highest BCUT2D eigenvalue weighted by Gasteiger charge is 2.32. The van der Waals surface area contributed by atoms with E-state index in [-0.39, 0.29) is 17.4 Å². The molecule has 1 aromatic heterocycles. The first-order valence-corrected chi connectivity index (χ1v) is 13.3. The van der Waals surface area contributed by atoms with Gasteiger partial charge in [-0.1, -0.05) is 58.0 Å². The lowest BCUT2D eigenvalue weighted by atomic mass is 9.76. The van der Waals surface area contributed by atoms with Gasteiger partial charge in [0.25, 0.3) is 0 Å². The zero-order valence-electron chi connectivity index (χ0n) is 23.1. The van der Waals surface area contributed by atoms with Crippen LogP contribution in [-0.2, 0) is 17.3 Å². The number of anilines is 1. The molecule has 3 aromatic carbocycles. The molecule has 0 saturated heterocycles. The van der Waals surface area contributed by atoms with Crippen LogP contribution < -0.4 is 15.4 Å². The maximum absolute atomic E-state index is 13.0. The van der Waals surface area contributed by atoms with Gasteiger partial charge in [-0.3, -0.25) is 4.79 Å². The second kappa shape index (κ2) is 12.5. The predicted molar refractivity (Wildman–Crippen MR) is 154 cm³/mol. The maximum Gasteiger partial charge on any atom is 0.241 e. The lowest BCUT2D eigenvalue weighted by molar-refractivity contribution is -0.117. The molecule has 0 radical (unpaired) electrons. The van der Waals surface area contributed by atoms with Gasteiger partial charge in [-0.25, -0.2) is 4.98 Å². The van der Waals surface area contributed by atoms with Crippen LogP contribution in [0.2, 0.25) is 0 Å². The van der Waals surface area contributed by atoms with Crippen LogP contribution in [0.1, 0.15) is 59.2 Å². The van der Waals surface area contributed by atoms with E-state index in [0.717, 1.165) is 45.6 Å². The number of nitrogens with zero attached hydrogens (tertiary/aromatic N) is 2. The summed E-state index contributed by atoms with van der Waals surface area (Å²) in [5.74, 6) is 1.44. The van der Waals surface area contributed by atoms with E-state index in [9.17, 15) is 4.79 Å². The molecule has 2 N–H and O–H groups in total. The van der Waals surface area contributed by atoms with E-state index >= 15 is 0 Å². The fourth-order valence-electron chi connectivity index (χ4n) is 4.64. The molecule has 0 aliphatic carbocycles. The van der Waals surface area contributed by atoms with Gasteiger partial charge in [0.15, 0.2) is 0 Å². The number of fused-ring (bicyclic) bond motifs is 3. The Bertz CT molecular complexity index is 1330. The Morgan fingerprint density at radius 2 is 1.73 bits per heavy atom. The molecule has 0 fully saturated rings. The van der Waals surface area contributed by atoms with Crippen LogP contribution in [0.15, 0.2) is 73.2 Å². The van der Waals surface area contributed by atoms with Gasteiger partial charge in [0.2, 0.25) is 5.91 Å². The molecule has 37 heavy (non-hydrogen) atoms. The number of hydrogen-bond donors (Lipinski definition) is 2. The van der Waals surface area contributed by atoms with E-state index in [1.54, 1.807) is 0 Å². The third-order valence-corrected chi connectivity index (χ3v) is 6.67. The zero-order valence-corrected chi connectivity index (χ0v) is 23.1. The fraction of sp³-hybridized carbons (Fsp3) is 0.355. The number of amides is 1. The summed E-state index contributed by atoms with van der Waals surface area (Å²) < 4.78 is 8.35. The number of nitrogens with one attached hydrogen (secondary N) is 2. The van der Waals surface area contributed by atoms with Crippen molar-refractivity contribution in [2.45, 2.75) is 59.4 Å². The molecule has 2 unspecified atom stereocenters. The number of ether oxygens (including phenoxy) is 1. The van der Waals surface area contributed by atoms with Crippen LogP contribution in [0.4, 0.5) is 5.69 Å². The minimum Gasteiger partial charge on any atom is -0.457 e. The van der Waals surface area contributed by atoms with E-state index < -0.39 is 0 Å². The van der Waals surface area contributed by atoms with Crippen molar-refractivity contribution in [1.29, 1.82) is 0 Å². The molecule has 0 saturated carbocycles. The SMILES string of the molecule is CC.CC.CC1NCCC(C)(c2cncn2C)c2cccc(c2)Oc2ccc3cccc(c3c2)NC1=O. The smallest absolute Gasteiger partial charge is 0.241 e. The molecule has 2 atom stereocenters. The van der Waals surface area contributed by atoms with Crippen molar-refractivity contribution in [3.05, 3.63) is 84.4 Å². The quantitative estimate of drug-likeness (QED) is 0.294. The van der Waals surface area contributed by atoms with Crippen LogP contribution >= 0.6 is 0 Å². The van der Waals surface area contributed by atoms with Crippen molar-refractivity contribution in [1.82, 2.24) is 14.9 Å². The number of aromatic nitrogens is 2. The summed E-state index contributed by atoms with van der Waals surface area (Å²) in [7, 11) is 2.01. The van der Waals surface area contributed by atoms with Crippen molar-refractivity contribution >= 4 is 22.4 Å².